The van der Waals surface area contributed by atoms with Gasteiger partial charge in [-0.2, -0.15) is 0 Å². The van der Waals surface area contributed by atoms with Gasteiger partial charge in [-0.25, -0.2) is 8.42 Å². The van der Waals surface area contributed by atoms with Crippen molar-refractivity contribution in [2.45, 2.75) is 25.3 Å². The molecule has 1 aromatic carbocycles. The molecule has 1 atom stereocenters. The van der Waals surface area contributed by atoms with Gasteiger partial charge in [0.2, 0.25) is 5.91 Å². The standard InChI is InChI=1S/C14H18BrNO4S/c1-14(7-9-21(18,19)10-14)16-13(17)6-8-20-12-4-2-11(15)3-5-12/h2-5H,6-10H2,1H3,(H,16,17)/t14-/m0/s1. The third-order valence-electron chi connectivity index (χ3n) is 3.36. The Morgan fingerprint density at radius 2 is 2.05 bits per heavy atom. The van der Waals surface area contributed by atoms with Crippen molar-refractivity contribution in [1.82, 2.24) is 5.32 Å². The van der Waals surface area contributed by atoms with Gasteiger partial charge in [0.05, 0.1) is 30.1 Å². The van der Waals surface area contributed by atoms with Crippen molar-refractivity contribution in [1.29, 1.82) is 0 Å². The van der Waals surface area contributed by atoms with E-state index in [0.29, 0.717) is 12.2 Å². The third kappa shape index (κ3) is 5.00. The average molecular weight is 376 g/mol. The average Bonchev–Trinajstić information content (AvgIpc) is 2.65. The molecule has 0 unspecified atom stereocenters. The SMILES string of the molecule is C[C@]1(NC(=O)CCOc2ccc(Br)cc2)CCS(=O)(=O)C1. The minimum Gasteiger partial charge on any atom is -0.493 e. The van der Waals surface area contributed by atoms with Gasteiger partial charge in [-0.1, -0.05) is 15.9 Å². The van der Waals surface area contributed by atoms with Gasteiger partial charge in [0, 0.05) is 4.47 Å². The molecule has 1 amide bonds. The molecule has 0 aliphatic carbocycles. The zero-order chi connectivity index (χ0) is 15.5. The summed E-state index contributed by atoms with van der Waals surface area (Å²) in [7, 11) is -3.02. The molecule has 0 bridgehead atoms. The summed E-state index contributed by atoms with van der Waals surface area (Å²) in [6.45, 7) is 2.03. The lowest BCUT2D eigenvalue weighted by molar-refractivity contribution is -0.123. The monoisotopic (exact) mass is 375 g/mol. The van der Waals surface area contributed by atoms with E-state index in [-0.39, 0.29) is 30.4 Å². The van der Waals surface area contributed by atoms with Gasteiger partial charge in [-0.15, -0.1) is 0 Å². The predicted molar refractivity (Wildman–Crippen MR) is 84.1 cm³/mol. The summed E-state index contributed by atoms with van der Waals surface area (Å²) in [6.07, 6.45) is 0.667. The number of amides is 1. The van der Waals surface area contributed by atoms with Crippen molar-refractivity contribution in [2.75, 3.05) is 18.1 Å². The first-order valence-electron chi connectivity index (χ1n) is 6.68. The molecule has 116 valence electrons. The Morgan fingerprint density at radius 3 is 2.62 bits per heavy atom. The molecule has 1 aromatic rings. The molecule has 0 radical (unpaired) electrons. The van der Waals surface area contributed by atoms with E-state index in [0.717, 1.165) is 4.47 Å². The molecule has 5 nitrogen and oxygen atoms in total. The van der Waals surface area contributed by atoms with Gasteiger partial charge < -0.3 is 10.1 Å². The van der Waals surface area contributed by atoms with Crippen LogP contribution in [0.5, 0.6) is 5.75 Å². The lowest BCUT2D eigenvalue weighted by atomic mass is 10.0. The lowest BCUT2D eigenvalue weighted by Gasteiger charge is -2.23. The number of hydrogen-bond acceptors (Lipinski definition) is 4. The Morgan fingerprint density at radius 1 is 1.38 bits per heavy atom. The number of carbonyl (C=O) groups is 1. The number of rotatable bonds is 5. The van der Waals surface area contributed by atoms with Gasteiger partial charge in [-0.3, -0.25) is 4.79 Å². The topological polar surface area (TPSA) is 72.5 Å². The van der Waals surface area contributed by atoms with Crippen molar-refractivity contribution < 1.29 is 17.9 Å². The van der Waals surface area contributed by atoms with Gasteiger partial charge in [0.25, 0.3) is 0 Å². The molecular formula is C14H18BrNO4S. The highest BCUT2D eigenvalue weighted by atomic mass is 79.9. The van der Waals surface area contributed by atoms with Crippen molar-refractivity contribution >= 4 is 31.7 Å². The Balaban J connectivity index is 1.76. The van der Waals surface area contributed by atoms with Crippen LogP contribution < -0.4 is 10.1 Å². The fourth-order valence-electron chi connectivity index (χ4n) is 2.30. The maximum atomic E-state index is 11.9. The fourth-order valence-corrected chi connectivity index (χ4v) is 4.66. The van der Waals surface area contributed by atoms with Crippen LogP contribution in [-0.4, -0.2) is 38.0 Å². The van der Waals surface area contributed by atoms with E-state index in [1.54, 1.807) is 6.92 Å². The molecule has 1 aliphatic heterocycles. The number of ether oxygens (including phenoxy) is 1. The maximum Gasteiger partial charge on any atom is 0.223 e. The largest absolute Gasteiger partial charge is 0.493 e. The van der Waals surface area contributed by atoms with E-state index in [9.17, 15) is 13.2 Å². The van der Waals surface area contributed by atoms with Gasteiger partial charge in [0.15, 0.2) is 9.84 Å². The second-order valence-corrected chi connectivity index (χ2v) is 8.60. The van der Waals surface area contributed by atoms with Gasteiger partial charge in [-0.05, 0) is 37.6 Å². The summed E-state index contributed by atoms with van der Waals surface area (Å²) < 4.78 is 29.4. The Kier molecular flexibility index (Phi) is 4.93. The second-order valence-electron chi connectivity index (χ2n) is 5.50. The summed E-state index contributed by atoms with van der Waals surface area (Å²) >= 11 is 3.33. The van der Waals surface area contributed by atoms with Crippen LogP contribution in [0.25, 0.3) is 0 Å². The van der Waals surface area contributed by atoms with E-state index < -0.39 is 15.4 Å². The van der Waals surface area contributed by atoms with Crippen LogP contribution in [-0.2, 0) is 14.6 Å². The molecule has 1 aliphatic rings. The first-order valence-corrected chi connectivity index (χ1v) is 9.29. The van der Waals surface area contributed by atoms with Crippen molar-refractivity contribution in [3.8, 4) is 5.75 Å². The van der Waals surface area contributed by atoms with Crippen molar-refractivity contribution in [3.05, 3.63) is 28.7 Å². The molecule has 0 spiro atoms. The zero-order valence-electron chi connectivity index (χ0n) is 11.8. The highest BCUT2D eigenvalue weighted by Crippen LogP contribution is 2.23. The van der Waals surface area contributed by atoms with Crippen LogP contribution in [0.4, 0.5) is 0 Å². The van der Waals surface area contributed by atoms with Crippen LogP contribution >= 0.6 is 15.9 Å². The fraction of sp³-hybridized carbons (Fsp3) is 0.500. The summed E-state index contributed by atoms with van der Waals surface area (Å²) in [4.78, 5) is 11.9. The van der Waals surface area contributed by atoms with Crippen molar-refractivity contribution in [2.24, 2.45) is 0 Å². The van der Waals surface area contributed by atoms with Gasteiger partial charge >= 0.3 is 0 Å². The van der Waals surface area contributed by atoms with E-state index in [1.165, 1.54) is 0 Å². The Bertz CT molecular complexity index is 614. The summed E-state index contributed by atoms with van der Waals surface area (Å²) in [5, 5.41) is 2.80. The molecule has 1 heterocycles. The molecule has 21 heavy (non-hydrogen) atoms. The number of benzene rings is 1. The zero-order valence-corrected chi connectivity index (χ0v) is 14.2. The molecular weight excluding hydrogens is 358 g/mol. The minimum atomic E-state index is -3.02. The molecule has 1 N–H and O–H groups in total. The number of halogens is 1. The summed E-state index contributed by atoms with van der Waals surface area (Å²) in [5.41, 5.74) is -0.645. The quantitative estimate of drug-likeness (QED) is 0.852. The minimum absolute atomic E-state index is 0.0132. The first-order chi connectivity index (χ1) is 9.78. The second kappa shape index (κ2) is 6.36. The number of nitrogens with one attached hydrogen (secondary N) is 1. The van der Waals surface area contributed by atoms with Crippen molar-refractivity contribution in [3.63, 3.8) is 0 Å². The number of carbonyl (C=O) groups excluding carboxylic acids is 1. The smallest absolute Gasteiger partial charge is 0.223 e. The number of hydrogen-bond donors (Lipinski definition) is 1. The van der Waals surface area contributed by atoms with E-state index >= 15 is 0 Å². The van der Waals surface area contributed by atoms with Crippen LogP contribution in [0, 0.1) is 0 Å². The molecule has 1 saturated heterocycles. The summed E-state index contributed by atoms with van der Waals surface area (Å²) in [5.74, 6) is 0.658. The Hall–Kier alpha value is -1.08. The van der Waals surface area contributed by atoms with Crippen LogP contribution in [0.15, 0.2) is 28.7 Å². The predicted octanol–water partition coefficient (Wildman–Crippen LogP) is 1.91. The Labute approximate surface area is 133 Å². The van der Waals surface area contributed by atoms with Crippen LogP contribution in [0.3, 0.4) is 0 Å². The first kappa shape index (κ1) is 16.3. The maximum absolute atomic E-state index is 11.9. The van der Waals surface area contributed by atoms with Crippen LogP contribution in [0.1, 0.15) is 19.8 Å². The summed E-state index contributed by atoms with van der Waals surface area (Å²) in [6, 6.07) is 7.35. The van der Waals surface area contributed by atoms with E-state index in [4.69, 9.17) is 4.74 Å². The van der Waals surface area contributed by atoms with Gasteiger partial charge in [0.1, 0.15) is 5.75 Å². The molecule has 2 rings (SSSR count). The van der Waals surface area contributed by atoms with E-state index in [2.05, 4.69) is 21.2 Å². The molecule has 7 heteroatoms. The van der Waals surface area contributed by atoms with Crippen LogP contribution in [0.2, 0.25) is 0 Å². The third-order valence-corrected chi connectivity index (χ3v) is 5.79. The molecule has 0 aromatic heterocycles. The van der Waals surface area contributed by atoms with E-state index in [1.807, 2.05) is 24.3 Å². The molecule has 0 saturated carbocycles. The highest BCUT2D eigenvalue weighted by molar-refractivity contribution is 9.10. The number of sulfone groups is 1. The molecule has 1 fully saturated rings. The lowest BCUT2D eigenvalue weighted by Crippen LogP contribution is -2.47. The highest BCUT2D eigenvalue weighted by Gasteiger charge is 2.39. The normalized spacial score (nSPS) is 23.7.